The van der Waals surface area contributed by atoms with Crippen LogP contribution in [0.5, 0.6) is 0 Å². The Bertz CT molecular complexity index is 1210. The van der Waals surface area contributed by atoms with E-state index in [2.05, 4.69) is 21.7 Å². The summed E-state index contributed by atoms with van der Waals surface area (Å²) in [5.41, 5.74) is 3.45. The first-order valence-electron chi connectivity index (χ1n) is 11.2. The van der Waals surface area contributed by atoms with Crippen molar-refractivity contribution in [2.24, 2.45) is 5.41 Å². The first-order valence-corrected chi connectivity index (χ1v) is 13.7. The molecule has 0 aliphatic rings. The average Bonchev–Trinajstić information content (AvgIpc) is 3.39. The monoisotopic (exact) mass is 540 g/mol. The van der Waals surface area contributed by atoms with Crippen LogP contribution in [0.3, 0.4) is 0 Å². The molecule has 0 bridgehead atoms. The number of anilines is 1. The molecule has 0 radical (unpaired) electrons. The molecule has 11 nitrogen and oxygen atoms in total. The maximum absolute atomic E-state index is 14.2. The van der Waals surface area contributed by atoms with Gasteiger partial charge in [0.15, 0.2) is 22.2 Å². The Morgan fingerprint density at radius 1 is 1.14 bits per heavy atom. The number of Topliss-reactive ketones (excluding diaryl/α,β-unsaturated/α-hetero) is 1. The lowest BCUT2D eigenvalue weighted by Crippen LogP contribution is -2.49. The second kappa shape index (κ2) is 11.0. The lowest BCUT2D eigenvalue weighted by molar-refractivity contribution is -0.148. The molecule has 198 valence electrons. The predicted molar refractivity (Wildman–Crippen MR) is 138 cm³/mol. The summed E-state index contributed by atoms with van der Waals surface area (Å²) < 4.78 is 30.1. The molecule has 4 N–H and O–H groups in total. The van der Waals surface area contributed by atoms with Crippen LogP contribution >= 0.6 is 18.8 Å². The van der Waals surface area contributed by atoms with Crippen LogP contribution in [0.25, 0.3) is 11.5 Å². The summed E-state index contributed by atoms with van der Waals surface area (Å²) in [4.78, 5) is 42.2. The summed E-state index contributed by atoms with van der Waals surface area (Å²) in [6, 6.07) is 2.86. The molecule has 0 aliphatic carbocycles. The fraction of sp³-hybridized carbons (Fsp3) is 0.478. The number of ketones is 1. The Balaban J connectivity index is 2.56. The molecule has 2 aromatic heterocycles. The Labute approximate surface area is 214 Å². The number of hydrogen-bond donors (Lipinski definition) is 3. The Kier molecular flexibility index (Phi) is 8.93. The van der Waals surface area contributed by atoms with Gasteiger partial charge in [-0.15, -0.1) is 0 Å². The van der Waals surface area contributed by atoms with Crippen LogP contribution in [-0.4, -0.2) is 41.5 Å². The van der Waals surface area contributed by atoms with Crippen molar-refractivity contribution >= 4 is 47.1 Å². The normalized spacial score (nSPS) is 13.5. The number of aromatic nitrogens is 1. The van der Waals surface area contributed by atoms with Gasteiger partial charge in [-0.3, -0.25) is 14.2 Å². The molecule has 0 aromatic carbocycles. The van der Waals surface area contributed by atoms with E-state index in [0.717, 1.165) is 11.3 Å². The van der Waals surface area contributed by atoms with Gasteiger partial charge in [-0.25, -0.2) is 14.9 Å². The highest BCUT2D eigenvalue weighted by Gasteiger charge is 2.41. The first kappa shape index (κ1) is 29.3. The summed E-state index contributed by atoms with van der Waals surface area (Å²) in [5, 5.41) is 5.43. The number of rotatable bonds is 11. The van der Waals surface area contributed by atoms with Crippen LogP contribution in [-0.2, 0) is 23.6 Å². The van der Waals surface area contributed by atoms with Crippen molar-refractivity contribution in [3.8, 4) is 11.5 Å². The van der Waals surface area contributed by atoms with Gasteiger partial charge in [-0.05, 0) is 39.8 Å². The van der Waals surface area contributed by atoms with Crippen LogP contribution in [0, 0.1) is 5.41 Å². The number of nitrogens with zero attached hydrogens (tertiary/aromatic N) is 1. The molecular weight excluding hydrogens is 507 g/mol. The molecule has 2 aromatic rings. The third-order valence-corrected chi connectivity index (χ3v) is 7.91. The first-order chi connectivity index (χ1) is 16.6. The van der Waals surface area contributed by atoms with Crippen molar-refractivity contribution in [2.45, 2.75) is 54.0 Å². The van der Waals surface area contributed by atoms with Crippen LogP contribution in [0.15, 0.2) is 28.8 Å². The van der Waals surface area contributed by atoms with Crippen molar-refractivity contribution in [1.82, 2.24) is 15.2 Å². The lowest BCUT2D eigenvalue weighted by Gasteiger charge is -2.29. The van der Waals surface area contributed by atoms with Gasteiger partial charge in [0.1, 0.15) is 21.8 Å². The number of nitrogens with two attached hydrogens (primary N) is 1. The molecule has 0 spiro atoms. The molecule has 2 rings (SSSR count). The third-order valence-electron chi connectivity index (χ3n) is 4.70. The summed E-state index contributed by atoms with van der Waals surface area (Å²) in [7, 11) is -4.08. The van der Waals surface area contributed by atoms with Gasteiger partial charge in [0.25, 0.3) is 7.44 Å². The van der Waals surface area contributed by atoms with Gasteiger partial charge < -0.3 is 24.7 Å². The third kappa shape index (κ3) is 6.63. The van der Waals surface area contributed by atoms with Crippen LogP contribution in [0.1, 0.15) is 58.1 Å². The number of nitrogens with one attached hydrogen (secondary N) is 2. The Morgan fingerprint density at radius 2 is 1.75 bits per heavy atom. The van der Waals surface area contributed by atoms with Crippen LogP contribution < -0.4 is 21.4 Å². The lowest BCUT2D eigenvalue weighted by atomic mass is 9.89. The van der Waals surface area contributed by atoms with E-state index in [1.807, 2.05) is 0 Å². The summed E-state index contributed by atoms with van der Waals surface area (Å²) >= 11 is 1.02. The molecule has 0 saturated heterocycles. The Hall–Kier alpha value is -2.95. The minimum Gasteiger partial charge on any atom is -0.465 e. The highest BCUT2D eigenvalue weighted by Crippen LogP contribution is 2.42. The molecule has 2 heterocycles. The molecule has 13 heteroatoms. The highest BCUT2D eigenvalue weighted by atomic mass is 32.1. The number of furan rings is 1. The minimum atomic E-state index is -4.08. The number of ether oxygens (including phenoxy) is 2. The highest BCUT2D eigenvalue weighted by molar-refractivity contribution is 7.67. The van der Waals surface area contributed by atoms with E-state index in [9.17, 15) is 18.9 Å². The van der Waals surface area contributed by atoms with Gasteiger partial charge in [-0.2, -0.15) is 0 Å². The topological polar surface area (TPSA) is 163 Å². The standard InChI is InChI=1S/C23H33N4O7PS/c1-9-32-19(29)13(3)26-35(31,27-23(7,8)20(30)33-10-2)15-12-11-14(34-15)16-17(36-21(24)25-16)18(28)22(4,5)6/h11-12H,3,9-10H2,1-2,4-8H3,(H2,24,25)(H2,26,27,31). The fourth-order valence-electron chi connectivity index (χ4n) is 2.97. The van der Waals surface area contributed by atoms with Crippen molar-refractivity contribution in [3.63, 3.8) is 0 Å². The zero-order valence-corrected chi connectivity index (χ0v) is 23.2. The molecule has 0 aliphatic heterocycles. The second-order valence-corrected chi connectivity index (χ2v) is 12.5. The quantitative estimate of drug-likeness (QED) is 0.165. The predicted octanol–water partition coefficient (Wildman–Crippen LogP) is 3.63. The van der Waals surface area contributed by atoms with E-state index in [1.165, 1.54) is 26.0 Å². The average molecular weight is 541 g/mol. The van der Waals surface area contributed by atoms with Crippen molar-refractivity contribution in [2.75, 3.05) is 18.9 Å². The van der Waals surface area contributed by atoms with Gasteiger partial charge in [-0.1, -0.05) is 38.7 Å². The zero-order chi connectivity index (χ0) is 27.5. The molecule has 36 heavy (non-hydrogen) atoms. The van der Waals surface area contributed by atoms with Crippen LogP contribution in [0.4, 0.5) is 5.13 Å². The van der Waals surface area contributed by atoms with Gasteiger partial charge in [0, 0.05) is 5.41 Å². The molecular formula is C23H33N4O7PS. The Morgan fingerprint density at radius 3 is 2.31 bits per heavy atom. The van der Waals surface area contributed by atoms with E-state index in [0.29, 0.717) is 4.88 Å². The molecule has 1 atom stereocenters. The number of esters is 2. The van der Waals surface area contributed by atoms with E-state index in [4.69, 9.17) is 19.6 Å². The molecule has 0 amide bonds. The zero-order valence-electron chi connectivity index (χ0n) is 21.5. The minimum absolute atomic E-state index is 0.0757. The number of hydrogen-bond acceptors (Lipinski definition) is 10. The summed E-state index contributed by atoms with van der Waals surface area (Å²) in [5.74, 6) is -1.57. The summed E-state index contributed by atoms with van der Waals surface area (Å²) in [6.45, 7) is 15.3. The van der Waals surface area contributed by atoms with Gasteiger partial charge in [0.2, 0.25) is 0 Å². The van der Waals surface area contributed by atoms with Crippen molar-refractivity contribution in [3.05, 3.63) is 29.3 Å². The fourth-order valence-corrected chi connectivity index (χ4v) is 6.09. The number of thiazole rings is 1. The maximum Gasteiger partial charge on any atom is 0.354 e. The molecule has 1 unspecified atom stereocenters. The van der Waals surface area contributed by atoms with E-state index < -0.39 is 30.3 Å². The molecule has 0 fully saturated rings. The maximum atomic E-state index is 14.2. The number of carbonyl (C=O) groups excluding carboxylic acids is 3. The second-order valence-electron chi connectivity index (χ2n) is 9.32. The smallest absolute Gasteiger partial charge is 0.354 e. The summed E-state index contributed by atoms with van der Waals surface area (Å²) in [6.07, 6.45) is 0. The van der Waals surface area contributed by atoms with E-state index in [-0.39, 0.29) is 46.8 Å². The molecule has 0 saturated carbocycles. The van der Waals surface area contributed by atoms with E-state index >= 15 is 0 Å². The number of carbonyl (C=O) groups is 3. The van der Waals surface area contributed by atoms with Crippen molar-refractivity contribution < 1.29 is 32.8 Å². The van der Waals surface area contributed by atoms with Gasteiger partial charge in [0.05, 0.1) is 13.2 Å². The van der Waals surface area contributed by atoms with Crippen LogP contribution in [0.2, 0.25) is 0 Å². The SMILES string of the molecule is C=C(NP(=O)(NC(C)(C)C(=O)OCC)c1ccc(-c2nc(N)sc2C(=O)C(C)(C)C)o1)C(=O)OCC. The van der Waals surface area contributed by atoms with Crippen molar-refractivity contribution in [1.29, 1.82) is 0 Å². The van der Waals surface area contributed by atoms with E-state index in [1.54, 1.807) is 34.6 Å². The van der Waals surface area contributed by atoms with Gasteiger partial charge >= 0.3 is 11.9 Å². The number of nitrogen functional groups attached to an aromatic ring is 1. The largest absolute Gasteiger partial charge is 0.465 e.